The van der Waals surface area contributed by atoms with Crippen LogP contribution < -0.4 is 0 Å². The van der Waals surface area contributed by atoms with Crippen molar-refractivity contribution in [2.75, 3.05) is 0 Å². The molecule has 1 aliphatic heterocycles. The smallest absolute Gasteiger partial charge is 0.310 e. The largest absolute Gasteiger partial charge is 0.436 e. The molecular formula is C13H24O3. The number of ether oxygens (including phenoxy) is 2. The van der Waals surface area contributed by atoms with Crippen LogP contribution in [-0.4, -0.2) is 18.4 Å². The van der Waals surface area contributed by atoms with Gasteiger partial charge in [0, 0.05) is 6.42 Å². The number of hydrogen-bond acceptors (Lipinski definition) is 3. The highest BCUT2D eigenvalue weighted by Crippen LogP contribution is 2.18. The summed E-state index contributed by atoms with van der Waals surface area (Å²) in [5.74, 6) is -0.116. The monoisotopic (exact) mass is 228 g/mol. The first-order valence-corrected chi connectivity index (χ1v) is 6.57. The Morgan fingerprint density at radius 2 is 1.88 bits per heavy atom. The van der Waals surface area contributed by atoms with E-state index in [1.54, 1.807) is 0 Å². The van der Waals surface area contributed by atoms with Crippen LogP contribution in [0, 0.1) is 0 Å². The van der Waals surface area contributed by atoms with E-state index in [9.17, 15) is 4.79 Å². The van der Waals surface area contributed by atoms with Crippen molar-refractivity contribution in [3.05, 3.63) is 0 Å². The van der Waals surface area contributed by atoms with Crippen LogP contribution in [0.4, 0.5) is 0 Å². The normalized spacial score (nSPS) is 25.5. The molecule has 0 aromatic rings. The summed E-state index contributed by atoms with van der Waals surface area (Å²) in [6.45, 7) is 4.14. The van der Waals surface area contributed by atoms with Crippen LogP contribution in [0.2, 0.25) is 0 Å². The summed E-state index contributed by atoms with van der Waals surface area (Å²) in [5, 5.41) is 0. The van der Waals surface area contributed by atoms with E-state index in [1.165, 1.54) is 32.1 Å². The minimum atomic E-state index is -0.289. The van der Waals surface area contributed by atoms with Gasteiger partial charge in [-0.05, 0) is 13.3 Å². The van der Waals surface area contributed by atoms with Crippen LogP contribution in [0.15, 0.2) is 0 Å². The molecule has 0 spiro atoms. The van der Waals surface area contributed by atoms with Gasteiger partial charge in [0.05, 0.1) is 12.5 Å². The summed E-state index contributed by atoms with van der Waals surface area (Å²) >= 11 is 0. The molecule has 0 aromatic carbocycles. The van der Waals surface area contributed by atoms with E-state index in [4.69, 9.17) is 9.47 Å². The SMILES string of the molecule is CCCCCCCCC1OC(=O)CC(C)O1. The molecular weight excluding hydrogens is 204 g/mol. The summed E-state index contributed by atoms with van der Waals surface area (Å²) in [4.78, 5) is 11.2. The molecule has 0 saturated carbocycles. The first-order chi connectivity index (χ1) is 7.72. The predicted molar refractivity (Wildman–Crippen MR) is 63.0 cm³/mol. The highest BCUT2D eigenvalue weighted by molar-refractivity contribution is 5.70. The van der Waals surface area contributed by atoms with Crippen molar-refractivity contribution in [2.24, 2.45) is 0 Å². The maximum atomic E-state index is 11.2. The Bertz CT molecular complexity index is 203. The average Bonchev–Trinajstić information content (AvgIpc) is 2.22. The minimum absolute atomic E-state index is 0.0198. The van der Waals surface area contributed by atoms with Gasteiger partial charge in [0.25, 0.3) is 0 Å². The van der Waals surface area contributed by atoms with Crippen LogP contribution >= 0.6 is 0 Å². The van der Waals surface area contributed by atoms with E-state index in [0.29, 0.717) is 6.42 Å². The van der Waals surface area contributed by atoms with E-state index in [-0.39, 0.29) is 18.4 Å². The lowest BCUT2D eigenvalue weighted by Crippen LogP contribution is -2.33. The molecule has 94 valence electrons. The Morgan fingerprint density at radius 3 is 2.56 bits per heavy atom. The summed E-state index contributed by atoms with van der Waals surface area (Å²) in [6.07, 6.45) is 8.48. The highest BCUT2D eigenvalue weighted by atomic mass is 16.7. The van der Waals surface area contributed by atoms with E-state index in [1.807, 2.05) is 6.92 Å². The van der Waals surface area contributed by atoms with Gasteiger partial charge < -0.3 is 9.47 Å². The third-order valence-corrected chi connectivity index (χ3v) is 2.89. The predicted octanol–water partition coefficient (Wildman–Crippen LogP) is 3.42. The van der Waals surface area contributed by atoms with Gasteiger partial charge in [0.15, 0.2) is 0 Å². The molecule has 16 heavy (non-hydrogen) atoms. The zero-order valence-electron chi connectivity index (χ0n) is 10.5. The molecule has 1 heterocycles. The number of hydrogen-bond donors (Lipinski definition) is 0. The third kappa shape index (κ3) is 5.50. The topological polar surface area (TPSA) is 35.5 Å². The van der Waals surface area contributed by atoms with Crippen molar-refractivity contribution in [2.45, 2.75) is 77.6 Å². The minimum Gasteiger partial charge on any atom is -0.436 e. The molecule has 0 aromatic heterocycles. The molecule has 1 aliphatic rings. The average molecular weight is 228 g/mol. The van der Waals surface area contributed by atoms with Crippen LogP contribution in [0.1, 0.15) is 65.2 Å². The molecule has 0 bridgehead atoms. The van der Waals surface area contributed by atoms with Gasteiger partial charge in [-0.2, -0.15) is 0 Å². The van der Waals surface area contributed by atoms with Crippen molar-refractivity contribution in [1.82, 2.24) is 0 Å². The van der Waals surface area contributed by atoms with Gasteiger partial charge >= 0.3 is 5.97 Å². The lowest BCUT2D eigenvalue weighted by molar-refractivity contribution is -0.214. The summed E-state index contributed by atoms with van der Waals surface area (Å²) in [5.41, 5.74) is 0. The van der Waals surface area contributed by atoms with Gasteiger partial charge in [-0.1, -0.05) is 39.0 Å². The quantitative estimate of drug-likeness (QED) is 0.495. The molecule has 0 amide bonds. The van der Waals surface area contributed by atoms with Crippen molar-refractivity contribution in [3.8, 4) is 0 Å². The maximum absolute atomic E-state index is 11.2. The number of unbranched alkanes of at least 4 members (excludes halogenated alkanes) is 5. The van der Waals surface area contributed by atoms with Gasteiger partial charge in [0.2, 0.25) is 6.29 Å². The fourth-order valence-electron chi connectivity index (χ4n) is 1.98. The Kier molecular flexibility index (Phi) is 6.46. The Balaban J connectivity index is 2.01. The van der Waals surface area contributed by atoms with Crippen LogP contribution in [0.3, 0.4) is 0 Å². The van der Waals surface area contributed by atoms with Crippen molar-refractivity contribution < 1.29 is 14.3 Å². The van der Waals surface area contributed by atoms with Gasteiger partial charge in [-0.15, -0.1) is 0 Å². The second kappa shape index (κ2) is 7.66. The fraction of sp³-hybridized carbons (Fsp3) is 0.923. The molecule has 2 unspecified atom stereocenters. The summed E-state index contributed by atoms with van der Waals surface area (Å²) in [6, 6.07) is 0. The Hall–Kier alpha value is -0.570. The van der Waals surface area contributed by atoms with E-state index >= 15 is 0 Å². The summed E-state index contributed by atoms with van der Waals surface area (Å²) in [7, 11) is 0. The maximum Gasteiger partial charge on any atom is 0.310 e. The number of carbonyl (C=O) groups excluding carboxylic acids is 1. The lowest BCUT2D eigenvalue weighted by atomic mass is 10.1. The van der Waals surface area contributed by atoms with Gasteiger partial charge in [-0.3, -0.25) is 4.79 Å². The molecule has 3 nitrogen and oxygen atoms in total. The van der Waals surface area contributed by atoms with E-state index in [0.717, 1.165) is 12.8 Å². The van der Waals surface area contributed by atoms with Crippen LogP contribution in [0.5, 0.6) is 0 Å². The molecule has 0 N–H and O–H groups in total. The molecule has 1 fully saturated rings. The highest BCUT2D eigenvalue weighted by Gasteiger charge is 2.25. The Labute approximate surface area is 98.5 Å². The first-order valence-electron chi connectivity index (χ1n) is 6.57. The number of carbonyl (C=O) groups is 1. The third-order valence-electron chi connectivity index (χ3n) is 2.89. The van der Waals surface area contributed by atoms with Crippen LogP contribution in [-0.2, 0) is 14.3 Å². The van der Waals surface area contributed by atoms with E-state index in [2.05, 4.69) is 6.92 Å². The number of cyclic esters (lactones) is 1. The number of esters is 1. The Morgan fingerprint density at radius 1 is 1.19 bits per heavy atom. The molecule has 0 aliphatic carbocycles. The van der Waals surface area contributed by atoms with Crippen molar-refractivity contribution in [3.63, 3.8) is 0 Å². The standard InChI is InChI=1S/C13H24O3/c1-3-4-5-6-7-8-9-13-15-11(2)10-12(14)16-13/h11,13H,3-10H2,1-2H3. The summed E-state index contributed by atoms with van der Waals surface area (Å²) < 4.78 is 10.7. The van der Waals surface area contributed by atoms with Crippen molar-refractivity contribution in [1.29, 1.82) is 0 Å². The fourth-order valence-corrected chi connectivity index (χ4v) is 1.98. The molecule has 3 heteroatoms. The zero-order chi connectivity index (χ0) is 11.8. The molecule has 2 atom stereocenters. The number of rotatable bonds is 7. The van der Waals surface area contributed by atoms with Gasteiger partial charge in [-0.25, -0.2) is 0 Å². The second-order valence-electron chi connectivity index (χ2n) is 4.63. The first kappa shape index (κ1) is 13.5. The second-order valence-corrected chi connectivity index (χ2v) is 4.63. The van der Waals surface area contributed by atoms with Gasteiger partial charge in [0.1, 0.15) is 0 Å². The zero-order valence-corrected chi connectivity index (χ0v) is 10.5. The lowest BCUT2D eigenvalue weighted by Gasteiger charge is -2.27. The molecule has 1 saturated heterocycles. The van der Waals surface area contributed by atoms with E-state index < -0.39 is 0 Å². The molecule has 1 rings (SSSR count). The molecule has 0 radical (unpaired) electrons. The van der Waals surface area contributed by atoms with Crippen molar-refractivity contribution >= 4 is 5.97 Å². The van der Waals surface area contributed by atoms with Crippen LogP contribution in [0.25, 0.3) is 0 Å².